The Kier molecular flexibility index (Phi) is 9.06. The Bertz CT molecular complexity index is 808. The Morgan fingerprint density at radius 2 is 1.83 bits per heavy atom. The fraction of sp³-hybridized carbons (Fsp3) is 0.391. The molecule has 6 heteroatoms. The molecule has 2 aromatic rings. The molecule has 2 aromatic carbocycles. The standard InChI is InChI=1S/C23H30N2O3S/c1-5-21(23(27)24-3)25(14-18-10-12-20(28-4)13-11-18)22(26)16-29-15-19-9-7-6-8-17(19)2/h6-13,21H,5,14-16H2,1-4H3,(H,24,27). The molecule has 0 radical (unpaired) electrons. The van der Waals surface area contributed by atoms with Crippen LogP contribution in [0, 0.1) is 6.92 Å². The van der Waals surface area contributed by atoms with Gasteiger partial charge in [-0.15, -0.1) is 11.8 Å². The van der Waals surface area contributed by atoms with Crippen molar-refractivity contribution in [3.63, 3.8) is 0 Å². The van der Waals surface area contributed by atoms with Gasteiger partial charge in [-0.25, -0.2) is 0 Å². The predicted octanol–water partition coefficient (Wildman–Crippen LogP) is 3.79. The molecule has 1 atom stereocenters. The van der Waals surface area contributed by atoms with Crippen molar-refractivity contribution in [2.24, 2.45) is 0 Å². The maximum Gasteiger partial charge on any atom is 0.242 e. The van der Waals surface area contributed by atoms with Gasteiger partial charge in [-0.3, -0.25) is 9.59 Å². The maximum absolute atomic E-state index is 13.1. The van der Waals surface area contributed by atoms with E-state index in [1.54, 1.807) is 30.8 Å². The van der Waals surface area contributed by atoms with Crippen molar-refractivity contribution in [3.8, 4) is 5.75 Å². The number of carbonyl (C=O) groups is 2. The molecule has 0 aliphatic heterocycles. The van der Waals surface area contributed by atoms with E-state index >= 15 is 0 Å². The second-order valence-corrected chi connectivity index (χ2v) is 7.81. The van der Waals surface area contributed by atoms with Crippen LogP contribution < -0.4 is 10.1 Å². The number of nitrogens with zero attached hydrogens (tertiary/aromatic N) is 1. The van der Waals surface area contributed by atoms with E-state index in [4.69, 9.17) is 4.74 Å². The van der Waals surface area contributed by atoms with Gasteiger partial charge in [-0.05, 0) is 42.2 Å². The first kappa shape index (κ1) is 22.8. The smallest absolute Gasteiger partial charge is 0.242 e. The number of rotatable bonds is 10. The van der Waals surface area contributed by atoms with Crippen LogP contribution in [-0.2, 0) is 21.9 Å². The Morgan fingerprint density at radius 1 is 1.14 bits per heavy atom. The summed E-state index contributed by atoms with van der Waals surface area (Å²) in [5.41, 5.74) is 3.41. The molecule has 1 unspecified atom stereocenters. The number of benzene rings is 2. The van der Waals surface area contributed by atoms with Crippen molar-refractivity contribution in [1.29, 1.82) is 0 Å². The number of methoxy groups -OCH3 is 1. The predicted molar refractivity (Wildman–Crippen MR) is 119 cm³/mol. The van der Waals surface area contributed by atoms with E-state index < -0.39 is 6.04 Å². The molecule has 0 saturated heterocycles. The van der Waals surface area contributed by atoms with Crippen molar-refractivity contribution < 1.29 is 14.3 Å². The van der Waals surface area contributed by atoms with E-state index in [0.717, 1.165) is 17.1 Å². The lowest BCUT2D eigenvalue weighted by Gasteiger charge is -2.30. The summed E-state index contributed by atoms with van der Waals surface area (Å²) in [7, 11) is 3.23. The highest BCUT2D eigenvalue weighted by molar-refractivity contribution is 7.99. The second kappa shape index (κ2) is 11.5. The molecule has 1 N–H and O–H groups in total. The van der Waals surface area contributed by atoms with Crippen molar-refractivity contribution in [2.75, 3.05) is 19.9 Å². The van der Waals surface area contributed by atoms with Gasteiger partial charge in [-0.1, -0.05) is 43.3 Å². The minimum Gasteiger partial charge on any atom is -0.497 e. The molecule has 0 heterocycles. The van der Waals surface area contributed by atoms with Gasteiger partial charge < -0.3 is 15.0 Å². The maximum atomic E-state index is 13.1. The quantitative estimate of drug-likeness (QED) is 0.643. The highest BCUT2D eigenvalue weighted by atomic mass is 32.2. The molecule has 2 amide bonds. The first-order valence-corrected chi connectivity index (χ1v) is 10.9. The van der Waals surface area contributed by atoms with Gasteiger partial charge in [0, 0.05) is 19.3 Å². The van der Waals surface area contributed by atoms with Gasteiger partial charge in [0.15, 0.2) is 0 Å². The van der Waals surface area contributed by atoms with Gasteiger partial charge in [-0.2, -0.15) is 0 Å². The summed E-state index contributed by atoms with van der Waals surface area (Å²) in [5.74, 6) is 1.69. The minimum atomic E-state index is -0.492. The van der Waals surface area contributed by atoms with Gasteiger partial charge >= 0.3 is 0 Å². The molecule has 0 aromatic heterocycles. The molecule has 156 valence electrons. The largest absolute Gasteiger partial charge is 0.497 e. The van der Waals surface area contributed by atoms with Crippen molar-refractivity contribution >= 4 is 23.6 Å². The fourth-order valence-corrected chi connectivity index (χ4v) is 4.10. The number of thioether (sulfide) groups is 1. The zero-order chi connectivity index (χ0) is 21.2. The van der Waals surface area contributed by atoms with Crippen LogP contribution >= 0.6 is 11.8 Å². The number of aryl methyl sites for hydroxylation is 1. The summed E-state index contributed by atoms with van der Waals surface area (Å²) in [5, 5.41) is 2.69. The first-order chi connectivity index (χ1) is 14.0. The molecule has 0 saturated carbocycles. The van der Waals surface area contributed by atoms with Crippen LogP contribution in [0.15, 0.2) is 48.5 Å². The zero-order valence-electron chi connectivity index (χ0n) is 17.6. The normalized spacial score (nSPS) is 11.6. The number of nitrogens with one attached hydrogen (secondary N) is 1. The first-order valence-electron chi connectivity index (χ1n) is 9.76. The third-order valence-electron chi connectivity index (χ3n) is 4.89. The highest BCUT2D eigenvalue weighted by Crippen LogP contribution is 2.20. The second-order valence-electron chi connectivity index (χ2n) is 6.83. The fourth-order valence-electron chi connectivity index (χ4n) is 3.12. The summed E-state index contributed by atoms with van der Waals surface area (Å²) in [6.07, 6.45) is 0.560. The highest BCUT2D eigenvalue weighted by Gasteiger charge is 2.27. The van der Waals surface area contributed by atoms with Gasteiger partial charge in [0.05, 0.1) is 12.9 Å². The summed E-state index contributed by atoms with van der Waals surface area (Å²) in [4.78, 5) is 27.1. The Morgan fingerprint density at radius 3 is 2.41 bits per heavy atom. The van der Waals surface area contributed by atoms with Crippen LogP contribution in [0.3, 0.4) is 0 Å². The van der Waals surface area contributed by atoms with Crippen LogP contribution in [-0.4, -0.2) is 42.7 Å². The number of hydrogen-bond acceptors (Lipinski definition) is 4. The molecular formula is C23H30N2O3S. The SMILES string of the molecule is CCC(C(=O)NC)N(Cc1ccc(OC)cc1)C(=O)CSCc1ccccc1C. The van der Waals surface area contributed by atoms with E-state index in [1.807, 2.05) is 43.3 Å². The van der Waals surface area contributed by atoms with Gasteiger partial charge in [0.2, 0.25) is 11.8 Å². The van der Waals surface area contributed by atoms with Crippen molar-refractivity contribution in [3.05, 3.63) is 65.2 Å². The van der Waals surface area contributed by atoms with Crippen LogP contribution in [0.2, 0.25) is 0 Å². The number of ether oxygens (including phenoxy) is 1. The van der Waals surface area contributed by atoms with E-state index in [0.29, 0.717) is 18.7 Å². The van der Waals surface area contributed by atoms with Crippen LogP contribution in [0.1, 0.15) is 30.0 Å². The molecule has 0 aliphatic carbocycles. The summed E-state index contributed by atoms with van der Waals surface area (Å²) in [6, 6.07) is 15.3. The Labute approximate surface area is 177 Å². The summed E-state index contributed by atoms with van der Waals surface area (Å²) >= 11 is 1.58. The Balaban J connectivity index is 2.10. The molecule has 5 nitrogen and oxygen atoms in total. The minimum absolute atomic E-state index is 0.0325. The lowest BCUT2D eigenvalue weighted by Crippen LogP contribution is -2.48. The Hall–Kier alpha value is -2.47. The van der Waals surface area contributed by atoms with E-state index in [2.05, 4.69) is 24.4 Å². The molecule has 0 bridgehead atoms. The topological polar surface area (TPSA) is 58.6 Å². The van der Waals surface area contributed by atoms with Crippen LogP contribution in [0.25, 0.3) is 0 Å². The number of hydrogen-bond donors (Lipinski definition) is 1. The average molecular weight is 415 g/mol. The summed E-state index contributed by atoms with van der Waals surface area (Å²) in [6.45, 7) is 4.39. The van der Waals surface area contributed by atoms with Gasteiger partial charge in [0.25, 0.3) is 0 Å². The number of carbonyl (C=O) groups excluding carboxylic acids is 2. The van der Waals surface area contributed by atoms with Crippen molar-refractivity contribution in [1.82, 2.24) is 10.2 Å². The zero-order valence-corrected chi connectivity index (χ0v) is 18.4. The number of amides is 2. The van der Waals surface area contributed by atoms with Crippen LogP contribution in [0.5, 0.6) is 5.75 Å². The number of likely N-dealkylation sites (N-methyl/N-ethyl adjacent to an activating group) is 1. The van der Waals surface area contributed by atoms with Gasteiger partial charge in [0.1, 0.15) is 11.8 Å². The summed E-state index contributed by atoms with van der Waals surface area (Å²) < 4.78 is 5.20. The third-order valence-corrected chi connectivity index (χ3v) is 5.85. The lowest BCUT2D eigenvalue weighted by atomic mass is 10.1. The van der Waals surface area contributed by atoms with E-state index in [1.165, 1.54) is 11.1 Å². The molecule has 29 heavy (non-hydrogen) atoms. The molecule has 0 fully saturated rings. The monoisotopic (exact) mass is 414 g/mol. The molecule has 0 spiro atoms. The van der Waals surface area contributed by atoms with Crippen LogP contribution in [0.4, 0.5) is 0 Å². The van der Waals surface area contributed by atoms with E-state index in [9.17, 15) is 9.59 Å². The molecular weight excluding hydrogens is 384 g/mol. The molecule has 2 rings (SSSR count). The molecule has 0 aliphatic rings. The lowest BCUT2D eigenvalue weighted by molar-refractivity contribution is -0.139. The third kappa shape index (κ3) is 6.53. The van der Waals surface area contributed by atoms with Crippen molar-refractivity contribution in [2.45, 2.75) is 38.6 Å². The van der Waals surface area contributed by atoms with E-state index in [-0.39, 0.29) is 11.8 Å². The average Bonchev–Trinajstić information content (AvgIpc) is 2.75.